The molecular weight excluding hydrogens is 214 g/mol. The highest BCUT2D eigenvalue weighted by atomic mass is 19.2. The first-order chi connectivity index (χ1) is 7.66. The van der Waals surface area contributed by atoms with Crippen LogP contribution in [0.1, 0.15) is 18.4 Å². The molecule has 0 aromatic heterocycles. The number of carbonyl (C=O) groups is 1. The molecular formula is C12H12F2O2. The maximum Gasteiger partial charge on any atom is 0.309 e. The van der Waals surface area contributed by atoms with E-state index in [4.69, 9.17) is 4.74 Å². The van der Waals surface area contributed by atoms with Crippen molar-refractivity contribution in [3.05, 3.63) is 35.4 Å². The van der Waals surface area contributed by atoms with Gasteiger partial charge in [-0.15, -0.1) is 0 Å². The number of hydrogen-bond acceptors (Lipinski definition) is 2. The standard InChI is InChI=1S/C12H12F2O2/c13-10-4-3-8(7-11(10)14)6-9-2-1-5-16-12(9)15/h3-4,7,9H,1-2,5-6H2. The molecule has 0 spiro atoms. The van der Waals surface area contributed by atoms with Crippen LogP contribution >= 0.6 is 0 Å². The third kappa shape index (κ3) is 2.38. The highest BCUT2D eigenvalue weighted by Gasteiger charge is 2.24. The van der Waals surface area contributed by atoms with Gasteiger partial charge < -0.3 is 4.74 Å². The van der Waals surface area contributed by atoms with Crippen molar-refractivity contribution < 1.29 is 18.3 Å². The summed E-state index contributed by atoms with van der Waals surface area (Å²) in [5.41, 5.74) is 0.628. The van der Waals surface area contributed by atoms with E-state index < -0.39 is 11.6 Å². The Bertz CT molecular complexity index is 404. The molecule has 0 radical (unpaired) electrons. The number of cyclic esters (lactones) is 1. The quantitative estimate of drug-likeness (QED) is 0.724. The molecule has 1 atom stereocenters. The van der Waals surface area contributed by atoms with Crippen LogP contribution in [0.15, 0.2) is 18.2 Å². The Morgan fingerprint density at radius 3 is 2.81 bits per heavy atom. The summed E-state index contributed by atoms with van der Waals surface area (Å²) in [5.74, 6) is -2.20. The summed E-state index contributed by atoms with van der Waals surface area (Å²) < 4.78 is 30.5. The summed E-state index contributed by atoms with van der Waals surface area (Å²) >= 11 is 0. The molecule has 1 fully saturated rings. The number of benzene rings is 1. The predicted octanol–water partition coefficient (Wildman–Crippen LogP) is 2.46. The molecule has 1 unspecified atom stereocenters. The highest BCUT2D eigenvalue weighted by molar-refractivity contribution is 5.73. The third-order valence-electron chi connectivity index (χ3n) is 2.74. The molecule has 0 saturated carbocycles. The molecule has 1 aliphatic rings. The zero-order valence-corrected chi connectivity index (χ0v) is 8.71. The molecule has 0 N–H and O–H groups in total. The van der Waals surface area contributed by atoms with Gasteiger partial charge in [0.15, 0.2) is 11.6 Å². The summed E-state index contributed by atoms with van der Waals surface area (Å²) in [5, 5.41) is 0. The summed E-state index contributed by atoms with van der Waals surface area (Å²) in [6.07, 6.45) is 1.99. The van der Waals surface area contributed by atoms with Crippen LogP contribution in [0, 0.1) is 17.6 Å². The van der Waals surface area contributed by atoms with Gasteiger partial charge in [0, 0.05) is 0 Å². The van der Waals surface area contributed by atoms with Gasteiger partial charge in [-0.1, -0.05) is 6.07 Å². The van der Waals surface area contributed by atoms with Crippen LogP contribution in [-0.4, -0.2) is 12.6 Å². The molecule has 1 aromatic rings. The first-order valence-corrected chi connectivity index (χ1v) is 5.27. The predicted molar refractivity (Wildman–Crippen MR) is 53.7 cm³/mol. The summed E-state index contributed by atoms with van der Waals surface area (Å²) in [6.45, 7) is 0.465. The average Bonchev–Trinajstić information content (AvgIpc) is 2.27. The third-order valence-corrected chi connectivity index (χ3v) is 2.74. The smallest absolute Gasteiger partial charge is 0.309 e. The van der Waals surface area contributed by atoms with Crippen LogP contribution in [0.25, 0.3) is 0 Å². The van der Waals surface area contributed by atoms with Crippen LogP contribution < -0.4 is 0 Å². The second kappa shape index (κ2) is 4.60. The van der Waals surface area contributed by atoms with Crippen molar-refractivity contribution in [2.75, 3.05) is 6.61 Å². The molecule has 0 aliphatic carbocycles. The molecule has 0 amide bonds. The molecule has 2 rings (SSSR count). The average molecular weight is 226 g/mol. The van der Waals surface area contributed by atoms with Crippen LogP contribution in [0.5, 0.6) is 0 Å². The fourth-order valence-electron chi connectivity index (χ4n) is 1.87. The second-order valence-corrected chi connectivity index (χ2v) is 3.96. The van der Waals surface area contributed by atoms with Crippen molar-refractivity contribution in [2.45, 2.75) is 19.3 Å². The maximum absolute atomic E-state index is 12.9. The van der Waals surface area contributed by atoms with E-state index in [2.05, 4.69) is 0 Å². The molecule has 1 saturated heterocycles. The van der Waals surface area contributed by atoms with Gasteiger partial charge in [0.05, 0.1) is 12.5 Å². The van der Waals surface area contributed by atoms with Gasteiger partial charge in [-0.3, -0.25) is 4.79 Å². The highest BCUT2D eigenvalue weighted by Crippen LogP contribution is 2.21. The van der Waals surface area contributed by atoms with E-state index in [1.165, 1.54) is 6.07 Å². The summed E-state index contributed by atoms with van der Waals surface area (Å²) in [7, 11) is 0. The van der Waals surface area contributed by atoms with Crippen LogP contribution in [-0.2, 0) is 16.0 Å². The minimum atomic E-state index is -0.873. The van der Waals surface area contributed by atoms with Crippen molar-refractivity contribution in [3.63, 3.8) is 0 Å². The number of rotatable bonds is 2. The van der Waals surface area contributed by atoms with Gasteiger partial charge in [0.1, 0.15) is 0 Å². The van der Waals surface area contributed by atoms with E-state index in [9.17, 15) is 13.6 Å². The molecule has 4 heteroatoms. The zero-order valence-electron chi connectivity index (χ0n) is 8.71. The van der Waals surface area contributed by atoms with Gasteiger partial charge in [-0.25, -0.2) is 8.78 Å². The SMILES string of the molecule is O=C1OCCCC1Cc1ccc(F)c(F)c1. The Morgan fingerprint density at radius 2 is 2.12 bits per heavy atom. The number of esters is 1. The van der Waals surface area contributed by atoms with Gasteiger partial charge in [-0.2, -0.15) is 0 Å². The van der Waals surface area contributed by atoms with E-state index in [1.807, 2.05) is 0 Å². The number of ether oxygens (including phenoxy) is 1. The lowest BCUT2D eigenvalue weighted by Gasteiger charge is -2.20. The molecule has 1 aromatic carbocycles. The molecule has 1 aliphatic heterocycles. The Kier molecular flexibility index (Phi) is 3.17. The maximum atomic E-state index is 12.9. The number of hydrogen-bond donors (Lipinski definition) is 0. The van der Waals surface area contributed by atoms with Gasteiger partial charge in [0.2, 0.25) is 0 Å². The fourth-order valence-corrected chi connectivity index (χ4v) is 1.87. The Balaban J connectivity index is 2.08. The van der Waals surface area contributed by atoms with Crippen molar-refractivity contribution >= 4 is 5.97 Å². The van der Waals surface area contributed by atoms with E-state index in [0.29, 0.717) is 18.6 Å². The fraction of sp³-hybridized carbons (Fsp3) is 0.417. The number of halogens is 2. The minimum Gasteiger partial charge on any atom is -0.465 e. The molecule has 16 heavy (non-hydrogen) atoms. The monoisotopic (exact) mass is 226 g/mol. The Hall–Kier alpha value is -1.45. The molecule has 1 heterocycles. The van der Waals surface area contributed by atoms with Crippen LogP contribution in [0.3, 0.4) is 0 Å². The first kappa shape index (κ1) is 11.0. The first-order valence-electron chi connectivity index (χ1n) is 5.27. The summed E-state index contributed by atoms with van der Waals surface area (Å²) in [4.78, 5) is 11.4. The minimum absolute atomic E-state index is 0.224. The zero-order chi connectivity index (χ0) is 11.5. The summed E-state index contributed by atoms with van der Waals surface area (Å²) in [6, 6.07) is 3.72. The lowest BCUT2D eigenvalue weighted by Crippen LogP contribution is -2.25. The van der Waals surface area contributed by atoms with Gasteiger partial charge in [-0.05, 0) is 37.0 Å². The van der Waals surface area contributed by atoms with Crippen LogP contribution in [0.4, 0.5) is 8.78 Å². The Labute approximate surface area is 92.2 Å². The Morgan fingerprint density at radius 1 is 1.31 bits per heavy atom. The lowest BCUT2D eigenvalue weighted by molar-refractivity contribution is -0.152. The molecule has 0 bridgehead atoms. The van der Waals surface area contributed by atoms with Crippen molar-refractivity contribution in [1.82, 2.24) is 0 Å². The molecule has 86 valence electrons. The van der Waals surface area contributed by atoms with E-state index >= 15 is 0 Å². The molecule has 2 nitrogen and oxygen atoms in total. The van der Waals surface area contributed by atoms with Gasteiger partial charge in [0.25, 0.3) is 0 Å². The van der Waals surface area contributed by atoms with E-state index in [1.54, 1.807) is 0 Å². The van der Waals surface area contributed by atoms with E-state index in [-0.39, 0.29) is 11.9 Å². The van der Waals surface area contributed by atoms with Crippen molar-refractivity contribution in [3.8, 4) is 0 Å². The number of carbonyl (C=O) groups excluding carboxylic acids is 1. The largest absolute Gasteiger partial charge is 0.465 e. The van der Waals surface area contributed by atoms with Gasteiger partial charge >= 0.3 is 5.97 Å². The van der Waals surface area contributed by atoms with Crippen molar-refractivity contribution in [2.24, 2.45) is 5.92 Å². The van der Waals surface area contributed by atoms with Crippen molar-refractivity contribution in [1.29, 1.82) is 0 Å². The lowest BCUT2D eigenvalue weighted by atomic mass is 9.93. The van der Waals surface area contributed by atoms with E-state index in [0.717, 1.165) is 25.0 Å². The topological polar surface area (TPSA) is 26.3 Å². The normalized spacial score (nSPS) is 20.6. The second-order valence-electron chi connectivity index (χ2n) is 3.96. The van der Waals surface area contributed by atoms with Crippen LogP contribution in [0.2, 0.25) is 0 Å².